The Bertz CT molecular complexity index is 237. The second-order valence-corrected chi connectivity index (χ2v) is 5.87. The lowest BCUT2D eigenvalue weighted by Crippen LogP contribution is -2.38. The number of nitrogens with two attached hydrogens (primary N) is 1. The molecule has 0 saturated carbocycles. The average Bonchev–Trinajstić information content (AvgIpc) is 2.39. The van der Waals surface area contributed by atoms with E-state index in [-0.39, 0.29) is 12.0 Å². The summed E-state index contributed by atoms with van der Waals surface area (Å²) in [4.78, 5) is 14.4. The summed E-state index contributed by atoms with van der Waals surface area (Å²) < 4.78 is 0. The molecule has 0 rings (SSSR count). The van der Waals surface area contributed by atoms with Gasteiger partial charge >= 0.3 is 0 Å². The third kappa shape index (κ3) is 7.56. The van der Waals surface area contributed by atoms with E-state index in [1.54, 1.807) is 0 Å². The fourth-order valence-corrected chi connectivity index (χ4v) is 2.41. The minimum Gasteiger partial charge on any atom is -0.342 e. The van der Waals surface area contributed by atoms with Gasteiger partial charge in [0, 0.05) is 25.0 Å². The lowest BCUT2D eigenvalue weighted by atomic mass is 9.98. The van der Waals surface area contributed by atoms with Gasteiger partial charge in [0.15, 0.2) is 0 Å². The summed E-state index contributed by atoms with van der Waals surface area (Å²) in [6.45, 7) is 12.3. The molecule has 1 amide bonds. The Hall–Kier alpha value is -0.570. The first kappa shape index (κ1) is 18.4. The quantitative estimate of drug-likeness (QED) is 0.661. The number of nitrogens with zero attached hydrogens (tertiary/aromatic N) is 1. The summed E-state index contributed by atoms with van der Waals surface area (Å²) in [5.41, 5.74) is 5.75. The zero-order chi connectivity index (χ0) is 14.8. The van der Waals surface area contributed by atoms with Gasteiger partial charge in [0.1, 0.15) is 0 Å². The van der Waals surface area contributed by atoms with E-state index in [0.29, 0.717) is 11.8 Å². The summed E-state index contributed by atoms with van der Waals surface area (Å²) in [5.74, 6) is 1.09. The maximum Gasteiger partial charge on any atom is 0.225 e. The van der Waals surface area contributed by atoms with Gasteiger partial charge in [-0.15, -0.1) is 0 Å². The van der Waals surface area contributed by atoms with Crippen LogP contribution in [0.25, 0.3) is 0 Å². The van der Waals surface area contributed by atoms with Crippen LogP contribution in [0.3, 0.4) is 0 Å². The molecular weight excluding hydrogens is 236 g/mol. The maximum absolute atomic E-state index is 12.4. The number of rotatable bonds is 10. The van der Waals surface area contributed by atoms with Gasteiger partial charge in [-0.25, -0.2) is 0 Å². The van der Waals surface area contributed by atoms with Crippen molar-refractivity contribution in [3.63, 3.8) is 0 Å². The van der Waals surface area contributed by atoms with Crippen molar-refractivity contribution in [3.8, 4) is 0 Å². The second-order valence-electron chi connectivity index (χ2n) is 5.87. The van der Waals surface area contributed by atoms with Gasteiger partial charge in [-0.2, -0.15) is 0 Å². The van der Waals surface area contributed by atoms with Gasteiger partial charge < -0.3 is 10.6 Å². The highest BCUT2D eigenvalue weighted by molar-refractivity contribution is 5.78. The molecule has 0 heterocycles. The molecule has 0 aromatic carbocycles. The summed E-state index contributed by atoms with van der Waals surface area (Å²) >= 11 is 0. The topological polar surface area (TPSA) is 46.3 Å². The van der Waals surface area contributed by atoms with Crippen LogP contribution in [-0.4, -0.2) is 29.9 Å². The Morgan fingerprint density at radius 3 is 2.11 bits per heavy atom. The molecule has 0 spiro atoms. The van der Waals surface area contributed by atoms with Crippen LogP contribution in [0.1, 0.15) is 66.7 Å². The van der Waals surface area contributed by atoms with Crippen molar-refractivity contribution >= 4 is 5.91 Å². The molecular formula is C16H34N2O. The highest BCUT2D eigenvalue weighted by atomic mass is 16.2. The van der Waals surface area contributed by atoms with E-state index in [2.05, 4.69) is 27.7 Å². The molecule has 0 aromatic rings. The van der Waals surface area contributed by atoms with E-state index < -0.39 is 0 Å². The Morgan fingerprint density at radius 2 is 1.68 bits per heavy atom. The SMILES string of the molecule is CCC(CC)CN(CC)C(=O)C(C)CCCC(C)N. The van der Waals surface area contributed by atoms with E-state index >= 15 is 0 Å². The molecule has 0 bridgehead atoms. The molecule has 0 aliphatic rings. The number of hydrogen-bond donors (Lipinski definition) is 1. The van der Waals surface area contributed by atoms with Crippen molar-refractivity contribution in [1.82, 2.24) is 4.90 Å². The number of hydrogen-bond acceptors (Lipinski definition) is 2. The van der Waals surface area contributed by atoms with Crippen LogP contribution in [0.2, 0.25) is 0 Å². The first-order valence-electron chi connectivity index (χ1n) is 8.00. The summed E-state index contributed by atoms with van der Waals surface area (Å²) in [6.07, 6.45) is 5.32. The zero-order valence-corrected chi connectivity index (χ0v) is 13.6. The Balaban J connectivity index is 4.24. The average molecular weight is 270 g/mol. The number of carbonyl (C=O) groups excluding carboxylic acids is 1. The molecule has 114 valence electrons. The highest BCUT2D eigenvalue weighted by Gasteiger charge is 2.21. The van der Waals surface area contributed by atoms with Crippen LogP contribution in [-0.2, 0) is 4.79 Å². The fourth-order valence-electron chi connectivity index (χ4n) is 2.41. The van der Waals surface area contributed by atoms with Gasteiger partial charge in [-0.3, -0.25) is 4.79 Å². The van der Waals surface area contributed by atoms with E-state index in [1.807, 2.05) is 11.8 Å². The van der Waals surface area contributed by atoms with Crippen molar-refractivity contribution in [2.75, 3.05) is 13.1 Å². The third-order valence-corrected chi connectivity index (χ3v) is 4.04. The monoisotopic (exact) mass is 270 g/mol. The Labute approximate surface area is 119 Å². The molecule has 0 aliphatic carbocycles. The molecule has 0 saturated heterocycles. The van der Waals surface area contributed by atoms with Gasteiger partial charge in [0.25, 0.3) is 0 Å². The lowest BCUT2D eigenvalue weighted by molar-refractivity contribution is -0.135. The van der Waals surface area contributed by atoms with Crippen molar-refractivity contribution in [3.05, 3.63) is 0 Å². The normalized spacial score (nSPS) is 14.5. The zero-order valence-electron chi connectivity index (χ0n) is 13.6. The summed E-state index contributed by atoms with van der Waals surface area (Å²) in [5, 5.41) is 0. The van der Waals surface area contributed by atoms with Crippen molar-refractivity contribution in [2.24, 2.45) is 17.6 Å². The molecule has 2 unspecified atom stereocenters. The van der Waals surface area contributed by atoms with E-state index in [9.17, 15) is 4.79 Å². The molecule has 2 N–H and O–H groups in total. The molecule has 0 fully saturated rings. The van der Waals surface area contributed by atoms with Crippen LogP contribution in [0.4, 0.5) is 0 Å². The second kappa shape index (κ2) is 10.2. The first-order chi connectivity index (χ1) is 8.96. The number of carbonyl (C=O) groups is 1. The predicted molar refractivity (Wildman–Crippen MR) is 83.0 cm³/mol. The maximum atomic E-state index is 12.4. The van der Waals surface area contributed by atoms with Crippen molar-refractivity contribution in [2.45, 2.75) is 72.8 Å². The first-order valence-corrected chi connectivity index (χ1v) is 8.00. The van der Waals surface area contributed by atoms with Crippen LogP contribution < -0.4 is 5.73 Å². The Morgan fingerprint density at radius 1 is 1.11 bits per heavy atom. The van der Waals surface area contributed by atoms with Crippen molar-refractivity contribution < 1.29 is 4.79 Å². The van der Waals surface area contributed by atoms with E-state index in [1.165, 1.54) is 0 Å². The minimum absolute atomic E-state index is 0.132. The molecule has 3 heteroatoms. The smallest absolute Gasteiger partial charge is 0.225 e. The third-order valence-electron chi connectivity index (χ3n) is 4.04. The fraction of sp³-hybridized carbons (Fsp3) is 0.938. The highest BCUT2D eigenvalue weighted by Crippen LogP contribution is 2.16. The van der Waals surface area contributed by atoms with Gasteiger partial charge in [0.2, 0.25) is 5.91 Å². The van der Waals surface area contributed by atoms with E-state index in [4.69, 9.17) is 5.73 Å². The predicted octanol–water partition coefficient (Wildman–Crippen LogP) is 3.42. The lowest BCUT2D eigenvalue weighted by Gasteiger charge is -2.28. The van der Waals surface area contributed by atoms with E-state index in [0.717, 1.165) is 45.2 Å². The molecule has 0 radical (unpaired) electrons. The Kier molecular flexibility index (Phi) is 9.94. The standard InChI is InChI=1S/C16H34N2O/c1-6-15(7-2)12-18(8-3)16(19)13(4)10-9-11-14(5)17/h13-15H,6-12,17H2,1-5H3. The minimum atomic E-state index is 0.132. The van der Waals surface area contributed by atoms with Crippen LogP contribution in [0.5, 0.6) is 0 Å². The van der Waals surface area contributed by atoms with Gasteiger partial charge in [-0.05, 0) is 32.6 Å². The molecule has 0 aliphatic heterocycles. The van der Waals surface area contributed by atoms with Crippen LogP contribution in [0.15, 0.2) is 0 Å². The molecule has 2 atom stereocenters. The molecule has 19 heavy (non-hydrogen) atoms. The van der Waals surface area contributed by atoms with Crippen molar-refractivity contribution in [1.29, 1.82) is 0 Å². The molecule has 0 aromatic heterocycles. The van der Waals surface area contributed by atoms with Crippen LogP contribution >= 0.6 is 0 Å². The summed E-state index contributed by atoms with van der Waals surface area (Å²) in [7, 11) is 0. The van der Waals surface area contributed by atoms with Gasteiger partial charge in [-0.1, -0.05) is 40.0 Å². The largest absolute Gasteiger partial charge is 0.342 e. The van der Waals surface area contributed by atoms with Crippen LogP contribution in [0, 0.1) is 11.8 Å². The number of amides is 1. The molecule has 3 nitrogen and oxygen atoms in total. The van der Waals surface area contributed by atoms with Gasteiger partial charge in [0.05, 0.1) is 0 Å². The summed E-state index contributed by atoms with van der Waals surface area (Å²) in [6, 6.07) is 0.245.